The lowest BCUT2D eigenvalue weighted by molar-refractivity contribution is 0.847. The lowest BCUT2D eigenvalue weighted by Gasteiger charge is -1.99. The third-order valence-corrected chi connectivity index (χ3v) is 2.82. The Morgan fingerprint density at radius 1 is 1.00 bits per heavy atom. The van der Waals surface area contributed by atoms with Crippen molar-refractivity contribution in [2.24, 2.45) is 0 Å². The number of aryl methyl sites for hydroxylation is 1. The van der Waals surface area contributed by atoms with Crippen molar-refractivity contribution in [2.45, 2.75) is 6.92 Å². The quantitative estimate of drug-likeness (QED) is 0.682. The Balaban J connectivity index is 2.00. The van der Waals surface area contributed by atoms with Crippen LogP contribution in [0.5, 0.6) is 0 Å². The molecule has 3 heteroatoms. The summed E-state index contributed by atoms with van der Waals surface area (Å²) in [5.41, 5.74) is 3.53. The molecular weight excluding hydrogens is 222 g/mol. The molecule has 0 spiro atoms. The number of rotatable bonds is 2. The number of hydrogen-bond donors (Lipinski definition) is 0. The molecular formula is C15H13N3. The topological polar surface area (TPSA) is 30.7 Å². The first-order chi connectivity index (χ1) is 8.83. The van der Waals surface area contributed by atoms with Crippen LogP contribution in [0.25, 0.3) is 16.9 Å². The molecule has 0 aliphatic carbocycles. The fourth-order valence-electron chi connectivity index (χ4n) is 1.91. The molecule has 0 saturated heterocycles. The zero-order valence-electron chi connectivity index (χ0n) is 10.1. The molecule has 3 rings (SSSR count). The van der Waals surface area contributed by atoms with Crippen LogP contribution in [-0.2, 0) is 0 Å². The van der Waals surface area contributed by atoms with Crippen LogP contribution in [-0.4, -0.2) is 14.8 Å². The van der Waals surface area contributed by atoms with Crippen molar-refractivity contribution in [2.75, 3.05) is 0 Å². The normalized spacial score (nSPS) is 10.5. The first kappa shape index (κ1) is 10.7. The number of nitrogens with zero attached hydrogens (tertiary/aromatic N) is 3. The molecule has 2 heterocycles. The van der Waals surface area contributed by atoms with E-state index in [0.717, 1.165) is 11.4 Å². The largest absolute Gasteiger partial charge is 0.237 e. The van der Waals surface area contributed by atoms with E-state index in [1.54, 1.807) is 10.9 Å². The minimum atomic E-state index is 0.830. The molecule has 18 heavy (non-hydrogen) atoms. The van der Waals surface area contributed by atoms with E-state index >= 15 is 0 Å². The van der Waals surface area contributed by atoms with Crippen molar-refractivity contribution < 1.29 is 0 Å². The molecule has 0 bridgehead atoms. The second kappa shape index (κ2) is 4.45. The summed E-state index contributed by atoms with van der Waals surface area (Å²) >= 11 is 0. The Labute approximate surface area is 106 Å². The predicted octanol–water partition coefficient (Wildman–Crippen LogP) is 3.24. The van der Waals surface area contributed by atoms with Gasteiger partial charge in [0.15, 0.2) is 5.82 Å². The molecule has 0 saturated carbocycles. The zero-order valence-corrected chi connectivity index (χ0v) is 10.1. The second-order valence-corrected chi connectivity index (χ2v) is 4.23. The molecule has 2 aromatic heterocycles. The second-order valence-electron chi connectivity index (χ2n) is 4.23. The van der Waals surface area contributed by atoms with Gasteiger partial charge in [0.05, 0.1) is 6.20 Å². The first-order valence-corrected chi connectivity index (χ1v) is 5.86. The maximum Gasteiger partial charge on any atom is 0.153 e. The van der Waals surface area contributed by atoms with Gasteiger partial charge in [-0.1, -0.05) is 35.9 Å². The summed E-state index contributed by atoms with van der Waals surface area (Å²) in [6.07, 6.45) is 5.63. The van der Waals surface area contributed by atoms with Crippen LogP contribution in [0, 0.1) is 6.92 Å². The molecule has 88 valence electrons. The number of pyridine rings is 1. The number of aromatic nitrogens is 3. The summed E-state index contributed by atoms with van der Waals surface area (Å²) in [7, 11) is 0. The molecule has 3 nitrogen and oxygen atoms in total. The van der Waals surface area contributed by atoms with E-state index in [1.165, 1.54) is 11.1 Å². The molecule has 3 aromatic rings. The Bertz CT molecular complexity index is 656. The fourth-order valence-corrected chi connectivity index (χ4v) is 1.91. The van der Waals surface area contributed by atoms with Gasteiger partial charge in [0.2, 0.25) is 0 Å². The molecule has 0 aliphatic rings. The van der Waals surface area contributed by atoms with Gasteiger partial charge in [-0.05, 0) is 24.6 Å². The van der Waals surface area contributed by atoms with Gasteiger partial charge in [-0.2, -0.15) is 5.10 Å². The lowest BCUT2D eigenvalue weighted by atomic mass is 10.1. The van der Waals surface area contributed by atoms with Crippen LogP contribution < -0.4 is 0 Å². The van der Waals surface area contributed by atoms with E-state index in [1.807, 2.05) is 30.6 Å². The number of hydrogen-bond acceptors (Lipinski definition) is 2. The van der Waals surface area contributed by atoms with E-state index in [0.29, 0.717) is 0 Å². The zero-order chi connectivity index (χ0) is 12.4. The average Bonchev–Trinajstić information content (AvgIpc) is 2.89. The standard InChI is InChI=1S/C15H13N3/c1-12-5-4-6-13(9-12)14-10-17-18(11-14)15-7-2-3-8-16-15/h2-11H,1H3. The van der Waals surface area contributed by atoms with E-state index in [4.69, 9.17) is 0 Å². The van der Waals surface area contributed by atoms with Crippen molar-refractivity contribution in [3.05, 3.63) is 66.6 Å². The van der Waals surface area contributed by atoms with Gasteiger partial charge in [-0.15, -0.1) is 0 Å². The third-order valence-electron chi connectivity index (χ3n) is 2.82. The summed E-state index contributed by atoms with van der Waals surface area (Å²) < 4.78 is 1.79. The van der Waals surface area contributed by atoms with E-state index in [2.05, 4.69) is 41.3 Å². The highest BCUT2D eigenvalue weighted by molar-refractivity contribution is 5.62. The van der Waals surface area contributed by atoms with E-state index in [-0.39, 0.29) is 0 Å². The first-order valence-electron chi connectivity index (χ1n) is 5.86. The molecule has 0 radical (unpaired) electrons. The Morgan fingerprint density at radius 2 is 1.94 bits per heavy atom. The smallest absolute Gasteiger partial charge is 0.153 e. The Hall–Kier alpha value is -2.42. The van der Waals surface area contributed by atoms with E-state index in [9.17, 15) is 0 Å². The van der Waals surface area contributed by atoms with Gasteiger partial charge >= 0.3 is 0 Å². The van der Waals surface area contributed by atoms with Crippen LogP contribution >= 0.6 is 0 Å². The highest BCUT2D eigenvalue weighted by atomic mass is 15.3. The van der Waals surface area contributed by atoms with Crippen LogP contribution in [0.2, 0.25) is 0 Å². The summed E-state index contributed by atoms with van der Waals surface area (Å²) in [5.74, 6) is 0.830. The van der Waals surface area contributed by atoms with Crippen molar-refractivity contribution in [3.63, 3.8) is 0 Å². The number of benzene rings is 1. The van der Waals surface area contributed by atoms with Gasteiger partial charge in [-0.3, -0.25) is 0 Å². The van der Waals surface area contributed by atoms with Crippen molar-refractivity contribution in [1.82, 2.24) is 14.8 Å². The van der Waals surface area contributed by atoms with Gasteiger partial charge < -0.3 is 0 Å². The minimum Gasteiger partial charge on any atom is -0.237 e. The molecule has 0 fully saturated rings. The van der Waals surface area contributed by atoms with Gasteiger partial charge in [0, 0.05) is 18.0 Å². The molecule has 0 aliphatic heterocycles. The fraction of sp³-hybridized carbons (Fsp3) is 0.0667. The molecule has 0 atom stereocenters. The summed E-state index contributed by atoms with van der Waals surface area (Å²) in [6, 6.07) is 14.2. The van der Waals surface area contributed by atoms with Crippen LogP contribution in [0.1, 0.15) is 5.56 Å². The maximum atomic E-state index is 4.35. The third kappa shape index (κ3) is 2.02. The van der Waals surface area contributed by atoms with Crippen molar-refractivity contribution >= 4 is 0 Å². The Kier molecular flexibility index (Phi) is 2.65. The molecule has 0 unspecified atom stereocenters. The maximum absolute atomic E-state index is 4.35. The van der Waals surface area contributed by atoms with Gasteiger partial charge in [0.1, 0.15) is 0 Å². The summed E-state index contributed by atoms with van der Waals surface area (Å²) in [6.45, 7) is 2.09. The van der Waals surface area contributed by atoms with Crippen LogP contribution in [0.3, 0.4) is 0 Å². The van der Waals surface area contributed by atoms with Crippen LogP contribution in [0.15, 0.2) is 61.1 Å². The minimum absolute atomic E-state index is 0.830. The molecule has 0 amide bonds. The van der Waals surface area contributed by atoms with Crippen LogP contribution in [0.4, 0.5) is 0 Å². The van der Waals surface area contributed by atoms with Crippen molar-refractivity contribution in [3.8, 4) is 16.9 Å². The summed E-state index contributed by atoms with van der Waals surface area (Å²) in [5, 5.41) is 4.35. The van der Waals surface area contributed by atoms with E-state index < -0.39 is 0 Å². The Morgan fingerprint density at radius 3 is 2.72 bits per heavy atom. The predicted molar refractivity (Wildman–Crippen MR) is 71.5 cm³/mol. The molecule has 0 N–H and O–H groups in total. The van der Waals surface area contributed by atoms with Gasteiger partial charge in [0.25, 0.3) is 0 Å². The monoisotopic (exact) mass is 235 g/mol. The SMILES string of the molecule is Cc1cccc(-c2cnn(-c3ccccn3)c2)c1. The summed E-state index contributed by atoms with van der Waals surface area (Å²) in [4.78, 5) is 4.27. The highest BCUT2D eigenvalue weighted by Crippen LogP contribution is 2.20. The lowest BCUT2D eigenvalue weighted by Crippen LogP contribution is -1.95. The highest BCUT2D eigenvalue weighted by Gasteiger charge is 2.03. The van der Waals surface area contributed by atoms with Gasteiger partial charge in [-0.25, -0.2) is 9.67 Å². The van der Waals surface area contributed by atoms with Crippen molar-refractivity contribution in [1.29, 1.82) is 0 Å². The average molecular weight is 235 g/mol. The molecule has 1 aromatic carbocycles.